The van der Waals surface area contributed by atoms with Crippen molar-refractivity contribution < 1.29 is 13.6 Å². The van der Waals surface area contributed by atoms with Gasteiger partial charge in [0.1, 0.15) is 0 Å². The van der Waals surface area contributed by atoms with Crippen molar-refractivity contribution >= 4 is 5.78 Å². The molecule has 4 rings (SSSR count). The van der Waals surface area contributed by atoms with Crippen molar-refractivity contribution in [2.24, 2.45) is 35.0 Å². The van der Waals surface area contributed by atoms with Crippen LogP contribution in [0.1, 0.15) is 58.3 Å². The first kappa shape index (κ1) is 14.8. The average Bonchev–Trinajstić information content (AvgIpc) is 2.87. The van der Waals surface area contributed by atoms with Gasteiger partial charge in [-0.25, -0.2) is 8.78 Å². The molecule has 4 aliphatic rings. The van der Waals surface area contributed by atoms with E-state index >= 15 is 0 Å². The normalized spacial score (nSPS) is 47.7. The molecule has 122 valence electrons. The molecule has 0 amide bonds. The van der Waals surface area contributed by atoms with Gasteiger partial charge in [0.15, 0.2) is 5.78 Å². The van der Waals surface area contributed by atoms with Crippen molar-refractivity contribution in [3.63, 3.8) is 0 Å². The van der Waals surface area contributed by atoms with Crippen LogP contribution >= 0.6 is 0 Å². The molecule has 0 aromatic heterocycles. The highest BCUT2D eigenvalue weighted by Crippen LogP contribution is 2.64. The molecule has 0 bridgehead atoms. The number of ketones is 1. The van der Waals surface area contributed by atoms with E-state index in [1.165, 1.54) is 18.4 Å². The zero-order valence-corrected chi connectivity index (χ0v) is 13.4. The maximum atomic E-state index is 13.9. The van der Waals surface area contributed by atoms with Crippen LogP contribution in [0.4, 0.5) is 8.78 Å². The van der Waals surface area contributed by atoms with Gasteiger partial charge in [0, 0.05) is 12.3 Å². The van der Waals surface area contributed by atoms with Gasteiger partial charge in [0.2, 0.25) is 6.43 Å². The van der Waals surface area contributed by atoms with Crippen LogP contribution in [0.3, 0.4) is 0 Å². The Hall–Kier alpha value is -0.730. The number of carbonyl (C=O) groups excluding carboxylic acids is 1. The Bertz CT molecular complexity index is 512. The minimum absolute atomic E-state index is 0.129. The van der Waals surface area contributed by atoms with Crippen LogP contribution in [0.5, 0.6) is 0 Å². The van der Waals surface area contributed by atoms with Crippen molar-refractivity contribution in [1.82, 2.24) is 0 Å². The summed E-state index contributed by atoms with van der Waals surface area (Å²) in [7, 11) is 0. The second-order valence-corrected chi connectivity index (χ2v) is 8.47. The number of fused-ring (bicyclic) bond motifs is 5. The lowest BCUT2D eigenvalue weighted by atomic mass is 9.49. The summed E-state index contributed by atoms with van der Waals surface area (Å²) < 4.78 is 27.7. The predicted octanol–water partition coefficient (Wildman–Crippen LogP) is 5.01. The molecular formula is C19H26F2O. The Morgan fingerprint density at radius 2 is 2.05 bits per heavy atom. The van der Waals surface area contributed by atoms with E-state index in [1.54, 1.807) is 6.08 Å². The minimum Gasteiger partial charge on any atom is -0.295 e. The van der Waals surface area contributed by atoms with Crippen LogP contribution in [0.2, 0.25) is 0 Å². The Labute approximate surface area is 131 Å². The van der Waals surface area contributed by atoms with E-state index in [4.69, 9.17) is 0 Å². The predicted molar refractivity (Wildman–Crippen MR) is 81.6 cm³/mol. The Morgan fingerprint density at radius 3 is 2.82 bits per heavy atom. The van der Waals surface area contributed by atoms with E-state index in [-0.39, 0.29) is 23.0 Å². The fraction of sp³-hybridized carbons (Fsp3) is 0.842. The van der Waals surface area contributed by atoms with Gasteiger partial charge in [-0.1, -0.05) is 18.9 Å². The van der Waals surface area contributed by atoms with Crippen LogP contribution in [0.25, 0.3) is 0 Å². The first-order chi connectivity index (χ1) is 10.5. The lowest BCUT2D eigenvalue weighted by molar-refractivity contribution is -0.118. The number of halogens is 2. The number of rotatable bonds is 1. The standard InChI is InChI=1S/C19H26F2O/c1-19-8-2-3-16(19)14-6-4-11-9-12(22)5-7-13(11)17(14)15(10-19)18(20)21/h9,13-18H,2-8,10H2,1H3/t13-,14-,15-,16-,17+,19-/m0/s1. The summed E-state index contributed by atoms with van der Waals surface area (Å²) in [5.74, 6) is 1.26. The summed E-state index contributed by atoms with van der Waals surface area (Å²) in [5.41, 5.74) is 1.35. The first-order valence-electron chi connectivity index (χ1n) is 9.01. The molecule has 22 heavy (non-hydrogen) atoms. The zero-order valence-electron chi connectivity index (χ0n) is 13.4. The highest BCUT2D eigenvalue weighted by Gasteiger charge is 2.57. The van der Waals surface area contributed by atoms with Gasteiger partial charge in [-0.2, -0.15) is 0 Å². The third kappa shape index (κ3) is 2.11. The van der Waals surface area contributed by atoms with Crippen molar-refractivity contribution in [1.29, 1.82) is 0 Å². The monoisotopic (exact) mass is 308 g/mol. The SMILES string of the molecule is C[C@@]12CCC[C@H]1[C@@H]1CCC3=CC(=O)CC[C@@H]3[C@H]1[C@@H](C(F)F)C2. The van der Waals surface area contributed by atoms with E-state index in [0.29, 0.717) is 24.7 Å². The molecule has 3 fully saturated rings. The molecule has 0 N–H and O–H groups in total. The van der Waals surface area contributed by atoms with Crippen LogP contribution in [-0.2, 0) is 4.79 Å². The lowest BCUT2D eigenvalue weighted by Crippen LogP contribution is -2.51. The van der Waals surface area contributed by atoms with Crippen molar-refractivity contribution in [2.45, 2.75) is 64.7 Å². The molecule has 4 aliphatic carbocycles. The third-order valence-corrected chi connectivity index (χ3v) is 7.44. The van der Waals surface area contributed by atoms with E-state index in [0.717, 1.165) is 25.7 Å². The molecule has 3 heteroatoms. The zero-order chi connectivity index (χ0) is 15.5. The molecular weight excluding hydrogens is 282 g/mol. The summed E-state index contributed by atoms with van der Waals surface area (Å²) in [4.78, 5) is 11.7. The van der Waals surface area contributed by atoms with Gasteiger partial charge in [-0.05, 0) is 73.7 Å². The number of hydrogen-bond acceptors (Lipinski definition) is 1. The molecule has 0 aromatic rings. The van der Waals surface area contributed by atoms with E-state index < -0.39 is 12.3 Å². The second-order valence-electron chi connectivity index (χ2n) is 8.47. The summed E-state index contributed by atoms with van der Waals surface area (Å²) in [6.07, 6.45) is 7.27. The van der Waals surface area contributed by atoms with Gasteiger partial charge in [0.05, 0.1) is 0 Å². The van der Waals surface area contributed by atoms with Crippen LogP contribution < -0.4 is 0 Å². The average molecular weight is 308 g/mol. The molecule has 3 saturated carbocycles. The minimum atomic E-state index is -2.21. The number of carbonyl (C=O) groups is 1. The highest BCUT2D eigenvalue weighted by atomic mass is 19.3. The Balaban J connectivity index is 1.72. The molecule has 0 unspecified atom stereocenters. The molecule has 0 aliphatic heterocycles. The Morgan fingerprint density at radius 1 is 1.23 bits per heavy atom. The third-order valence-electron chi connectivity index (χ3n) is 7.44. The van der Waals surface area contributed by atoms with E-state index in [2.05, 4.69) is 6.92 Å². The van der Waals surface area contributed by atoms with E-state index in [9.17, 15) is 13.6 Å². The first-order valence-corrected chi connectivity index (χ1v) is 9.01. The fourth-order valence-electron chi connectivity index (χ4n) is 6.65. The quantitative estimate of drug-likeness (QED) is 0.665. The van der Waals surface area contributed by atoms with Crippen LogP contribution in [-0.4, -0.2) is 12.2 Å². The van der Waals surface area contributed by atoms with Crippen LogP contribution in [0, 0.1) is 35.0 Å². The molecule has 0 aromatic carbocycles. The molecule has 0 heterocycles. The number of hydrogen-bond donors (Lipinski definition) is 0. The van der Waals surface area contributed by atoms with Gasteiger partial charge in [-0.15, -0.1) is 0 Å². The van der Waals surface area contributed by atoms with Gasteiger partial charge >= 0.3 is 0 Å². The maximum Gasteiger partial charge on any atom is 0.241 e. The molecule has 1 nitrogen and oxygen atoms in total. The fourth-order valence-corrected chi connectivity index (χ4v) is 6.65. The van der Waals surface area contributed by atoms with Crippen molar-refractivity contribution in [3.05, 3.63) is 11.6 Å². The lowest BCUT2D eigenvalue weighted by Gasteiger charge is -2.56. The van der Waals surface area contributed by atoms with Gasteiger partial charge in [-0.3, -0.25) is 4.79 Å². The molecule has 6 atom stereocenters. The second kappa shape index (κ2) is 5.14. The smallest absolute Gasteiger partial charge is 0.241 e. The number of alkyl halides is 2. The van der Waals surface area contributed by atoms with Crippen LogP contribution in [0.15, 0.2) is 11.6 Å². The summed E-state index contributed by atoms with van der Waals surface area (Å²) >= 11 is 0. The van der Waals surface area contributed by atoms with Gasteiger partial charge in [0.25, 0.3) is 0 Å². The van der Waals surface area contributed by atoms with Gasteiger partial charge < -0.3 is 0 Å². The van der Waals surface area contributed by atoms with Crippen molar-refractivity contribution in [3.8, 4) is 0 Å². The number of allylic oxidation sites excluding steroid dienone is 1. The highest BCUT2D eigenvalue weighted by molar-refractivity contribution is 5.91. The Kier molecular flexibility index (Phi) is 3.47. The molecule has 0 spiro atoms. The summed E-state index contributed by atoms with van der Waals surface area (Å²) in [6, 6.07) is 0. The molecule has 0 radical (unpaired) electrons. The topological polar surface area (TPSA) is 17.1 Å². The van der Waals surface area contributed by atoms with Crippen molar-refractivity contribution in [2.75, 3.05) is 0 Å². The van der Waals surface area contributed by atoms with E-state index in [1.807, 2.05) is 0 Å². The summed E-state index contributed by atoms with van der Waals surface area (Å²) in [6.45, 7) is 2.27. The largest absolute Gasteiger partial charge is 0.295 e. The maximum absolute atomic E-state index is 13.9. The summed E-state index contributed by atoms with van der Waals surface area (Å²) in [5, 5.41) is 0. The molecule has 0 saturated heterocycles.